The molecule has 0 aromatic heterocycles. The number of hydrogen-bond donors (Lipinski definition) is 1. The second kappa shape index (κ2) is 4.18. The predicted molar refractivity (Wildman–Crippen MR) is 36.3 cm³/mol. The molecular formula is C6H13N2O. The van der Waals surface area contributed by atoms with Gasteiger partial charge in [-0.3, -0.25) is 0 Å². The number of urea groups is 1. The second-order valence-corrected chi connectivity index (χ2v) is 2.30. The minimum Gasteiger partial charge on any atom is -0.336 e. The summed E-state index contributed by atoms with van der Waals surface area (Å²) in [6, 6.07) is -0.233. The van der Waals surface area contributed by atoms with E-state index in [0.29, 0.717) is 12.5 Å². The van der Waals surface area contributed by atoms with E-state index in [-0.39, 0.29) is 6.03 Å². The second-order valence-electron chi connectivity index (χ2n) is 2.30. The van der Waals surface area contributed by atoms with Crippen LogP contribution in [0.4, 0.5) is 4.79 Å². The zero-order chi connectivity index (χ0) is 7.28. The van der Waals surface area contributed by atoms with Crippen molar-refractivity contribution in [2.24, 2.45) is 5.92 Å². The standard InChI is InChI=1S/C6H13N2O/c1-5(2)4-8-6(9)7-3/h5H,4H2,1-3H3,(H,8,9). The van der Waals surface area contributed by atoms with E-state index in [9.17, 15) is 4.79 Å². The average Bonchev–Trinajstić information content (AvgIpc) is 1.83. The van der Waals surface area contributed by atoms with Crippen LogP contribution < -0.4 is 10.6 Å². The topological polar surface area (TPSA) is 43.2 Å². The van der Waals surface area contributed by atoms with Crippen LogP contribution in [0.1, 0.15) is 13.8 Å². The van der Waals surface area contributed by atoms with Gasteiger partial charge in [0.15, 0.2) is 0 Å². The minimum absolute atomic E-state index is 0.233. The number of nitrogens with zero attached hydrogens (tertiary/aromatic N) is 1. The maximum Gasteiger partial charge on any atom is 0.336 e. The first-order valence-corrected chi connectivity index (χ1v) is 3.04. The molecule has 0 fully saturated rings. The van der Waals surface area contributed by atoms with Crippen LogP contribution in [-0.2, 0) is 0 Å². The van der Waals surface area contributed by atoms with Crippen molar-refractivity contribution in [3.63, 3.8) is 0 Å². The first-order valence-electron chi connectivity index (χ1n) is 3.04. The summed E-state index contributed by atoms with van der Waals surface area (Å²) in [5, 5.41) is 6.04. The summed E-state index contributed by atoms with van der Waals surface area (Å²) in [7, 11) is 1.48. The molecule has 3 nitrogen and oxygen atoms in total. The fourth-order valence-corrected chi connectivity index (χ4v) is 0.370. The Morgan fingerprint density at radius 3 is 2.56 bits per heavy atom. The minimum atomic E-state index is -0.233. The molecule has 9 heavy (non-hydrogen) atoms. The number of nitrogens with one attached hydrogen (secondary N) is 1. The zero-order valence-electron chi connectivity index (χ0n) is 6.14. The lowest BCUT2D eigenvalue weighted by Crippen LogP contribution is -2.31. The van der Waals surface area contributed by atoms with Crippen molar-refractivity contribution in [2.45, 2.75) is 13.8 Å². The van der Waals surface area contributed by atoms with Crippen molar-refractivity contribution in [2.75, 3.05) is 13.6 Å². The summed E-state index contributed by atoms with van der Waals surface area (Å²) in [5.74, 6) is 0.496. The van der Waals surface area contributed by atoms with Crippen molar-refractivity contribution in [3.05, 3.63) is 0 Å². The molecule has 0 saturated heterocycles. The first kappa shape index (κ1) is 8.27. The summed E-state index contributed by atoms with van der Waals surface area (Å²) in [6.45, 7) is 4.78. The summed E-state index contributed by atoms with van der Waals surface area (Å²) in [5.41, 5.74) is 0. The Morgan fingerprint density at radius 2 is 2.22 bits per heavy atom. The van der Waals surface area contributed by atoms with Gasteiger partial charge in [0.2, 0.25) is 0 Å². The molecular weight excluding hydrogens is 116 g/mol. The van der Waals surface area contributed by atoms with Crippen molar-refractivity contribution in [1.82, 2.24) is 10.6 Å². The van der Waals surface area contributed by atoms with E-state index in [2.05, 4.69) is 10.6 Å². The highest BCUT2D eigenvalue weighted by Gasteiger charge is 1.97. The Balaban J connectivity index is 3.17. The number of carbonyl (C=O) groups is 1. The Kier molecular flexibility index (Phi) is 3.84. The quantitative estimate of drug-likeness (QED) is 0.582. The smallest absolute Gasteiger partial charge is 0.336 e. The van der Waals surface area contributed by atoms with Gasteiger partial charge in [-0.05, 0) is 5.92 Å². The summed E-state index contributed by atoms with van der Waals surface area (Å²) in [4.78, 5) is 10.4. The third-order valence-corrected chi connectivity index (χ3v) is 0.865. The van der Waals surface area contributed by atoms with Crippen molar-refractivity contribution < 1.29 is 4.79 Å². The lowest BCUT2D eigenvalue weighted by atomic mass is 10.2. The number of carbonyl (C=O) groups excluding carboxylic acids is 1. The normalized spacial score (nSPS) is 9.33. The molecule has 0 atom stereocenters. The Labute approximate surface area is 55.8 Å². The van der Waals surface area contributed by atoms with Crippen LogP contribution in [0.5, 0.6) is 0 Å². The maximum absolute atomic E-state index is 10.4. The number of rotatable bonds is 2. The molecule has 0 bridgehead atoms. The van der Waals surface area contributed by atoms with E-state index in [1.807, 2.05) is 13.8 Å². The van der Waals surface area contributed by atoms with Gasteiger partial charge in [-0.2, -0.15) is 0 Å². The lowest BCUT2D eigenvalue weighted by Gasteiger charge is -2.04. The van der Waals surface area contributed by atoms with Gasteiger partial charge in [0.1, 0.15) is 0 Å². The molecule has 1 radical (unpaired) electrons. The van der Waals surface area contributed by atoms with Gasteiger partial charge >= 0.3 is 6.03 Å². The monoisotopic (exact) mass is 129 g/mol. The molecule has 0 spiro atoms. The van der Waals surface area contributed by atoms with Gasteiger partial charge < -0.3 is 5.32 Å². The maximum atomic E-state index is 10.4. The van der Waals surface area contributed by atoms with Crippen LogP contribution in [-0.4, -0.2) is 19.6 Å². The highest BCUT2D eigenvalue weighted by Crippen LogP contribution is 1.85. The van der Waals surface area contributed by atoms with Crippen molar-refractivity contribution in [1.29, 1.82) is 0 Å². The van der Waals surface area contributed by atoms with E-state index in [4.69, 9.17) is 0 Å². The van der Waals surface area contributed by atoms with Crippen LogP contribution in [0.3, 0.4) is 0 Å². The van der Waals surface area contributed by atoms with Crippen LogP contribution in [0.2, 0.25) is 0 Å². The first-order chi connectivity index (χ1) is 4.16. The average molecular weight is 129 g/mol. The van der Waals surface area contributed by atoms with Gasteiger partial charge in [-0.25, -0.2) is 10.1 Å². The molecule has 3 heteroatoms. The van der Waals surface area contributed by atoms with Gasteiger partial charge in [0, 0.05) is 13.6 Å². The molecule has 0 aromatic rings. The molecule has 0 aliphatic rings. The molecule has 1 N–H and O–H groups in total. The third kappa shape index (κ3) is 5.14. The molecule has 0 rings (SSSR count). The Bertz CT molecular complexity index is 91.1. The van der Waals surface area contributed by atoms with E-state index < -0.39 is 0 Å². The van der Waals surface area contributed by atoms with Crippen molar-refractivity contribution >= 4 is 6.03 Å². The molecule has 0 saturated carbocycles. The summed E-state index contributed by atoms with van der Waals surface area (Å²) < 4.78 is 0. The fraction of sp³-hybridized carbons (Fsp3) is 0.833. The van der Waals surface area contributed by atoms with E-state index >= 15 is 0 Å². The van der Waals surface area contributed by atoms with E-state index in [1.165, 1.54) is 7.05 Å². The fourth-order valence-electron chi connectivity index (χ4n) is 0.370. The molecule has 0 unspecified atom stereocenters. The van der Waals surface area contributed by atoms with E-state index in [0.717, 1.165) is 0 Å². The van der Waals surface area contributed by atoms with Crippen LogP contribution >= 0.6 is 0 Å². The molecule has 2 amide bonds. The van der Waals surface area contributed by atoms with Gasteiger partial charge in [0.05, 0.1) is 0 Å². The van der Waals surface area contributed by atoms with Crippen LogP contribution in [0.15, 0.2) is 0 Å². The zero-order valence-corrected chi connectivity index (χ0v) is 6.14. The summed E-state index contributed by atoms with van der Waals surface area (Å²) in [6.07, 6.45) is 0. The number of hydrogen-bond acceptors (Lipinski definition) is 1. The molecule has 53 valence electrons. The Hall–Kier alpha value is -0.730. The van der Waals surface area contributed by atoms with Crippen LogP contribution in [0.25, 0.3) is 0 Å². The van der Waals surface area contributed by atoms with E-state index in [1.54, 1.807) is 0 Å². The predicted octanol–water partition coefficient (Wildman–Crippen LogP) is 0.586. The highest BCUT2D eigenvalue weighted by atomic mass is 16.2. The lowest BCUT2D eigenvalue weighted by molar-refractivity contribution is 0.241. The SMILES string of the molecule is C[N]C(=O)NCC(C)C. The van der Waals surface area contributed by atoms with Crippen LogP contribution in [0, 0.1) is 5.92 Å². The number of amides is 2. The molecule has 0 aromatic carbocycles. The molecule has 0 aliphatic carbocycles. The van der Waals surface area contributed by atoms with Gasteiger partial charge in [-0.1, -0.05) is 13.8 Å². The van der Waals surface area contributed by atoms with Gasteiger partial charge in [-0.15, -0.1) is 0 Å². The highest BCUT2D eigenvalue weighted by molar-refractivity contribution is 5.73. The third-order valence-electron chi connectivity index (χ3n) is 0.865. The largest absolute Gasteiger partial charge is 0.336 e. The Morgan fingerprint density at radius 1 is 1.67 bits per heavy atom. The molecule has 0 heterocycles. The summed E-state index contributed by atoms with van der Waals surface area (Å²) >= 11 is 0. The molecule has 0 aliphatic heterocycles. The van der Waals surface area contributed by atoms with Gasteiger partial charge in [0.25, 0.3) is 0 Å². The van der Waals surface area contributed by atoms with Crippen molar-refractivity contribution in [3.8, 4) is 0 Å².